The predicted octanol–water partition coefficient (Wildman–Crippen LogP) is 2.62. The lowest BCUT2D eigenvalue weighted by atomic mass is 10.1. The second kappa shape index (κ2) is 5.76. The van der Waals surface area contributed by atoms with E-state index in [1.165, 1.54) is 11.3 Å². The first-order valence-electron chi connectivity index (χ1n) is 6.65. The number of hydrogen-bond acceptors (Lipinski definition) is 5. The van der Waals surface area contributed by atoms with Crippen LogP contribution in [-0.2, 0) is 4.74 Å². The zero-order chi connectivity index (χ0) is 13.9. The van der Waals surface area contributed by atoms with Gasteiger partial charge in [-0.3, -0.25) is 4.79 Å². The summed E-state index contributed by atoms with van der Waals surface area (Å²) in [6.07, 6.45) is 2.19. The van der Waals surface area contributed by atoms with Crippen molar-refractivity contribution in [3.63, 3.8) is 0 Å². The first kappa shape index (κ1) is 13.3. The van der Waals surface area contributed by atoms with Crippen molar-refractivity contribution in [1.29, 1.82) is 0 Å². The van der Waals surface area contributed by atoms with Gasteiger partial charge in [-0.1, -0.05) is 11.2 Å². The van der Waals surface area contributed by atoms with Gasteiger partial charge in [0, 0.05) is 13.2 Å². The molecule has 1 amide bonds. The van der Waals surface area contributed by atoms with Crippen LogP contribution in [0.5, 0.6) is 0 Å². The summed E-state index contributed by atoms with van der Waals surface area (Å²) in [5.41, 5.74) is 1.13. The van der Waals surface area contributed by atoms with Gasteiger partial charge in [0.05, 0.1) is 16.7 Å². The highest BCUT2D eigenvalue weighted by Crippen LogP contribution is 2.29. The van der Waals surface area contributed by atoms with E-state index in [-0.39, 0.29) is 12.0 Å². The Balaban J connectivity index is 1.75. The van der Waals surface area contributed by atoms with Crippen LogP contribution in [0.2, 0.25) is 0 Å². The summed E-state index contributed by atoms with van der Waals surface area (Å²) in [6.45, 7) is 3.10. The monoisotopic (exact) mass is 292 g/mol. The van der Waals surface area contributed by atoms with Gasteiger partial charge in [-0.25, -0.2) is 0 Å². The molecule has 2 aromatic rings. The minimum Gasteiger partial charge on any atom is -0.376 e. The van der Waals surface area contributed by atoms with Gasteiger partial charge < -0.3 is 14.6 Å². The van der Waals surface area contributed by atoms with Crippen LogP contribution in [0.4, 0.5) is 0 Å². The Hall–Kier alpha value is -1.66. The minimum absolute atomic E-state index is 0.129. The summed E-state index contributed by atoms with van der Waals surface area (Å²) in [5.74, 6) is 0.394. The van der Waals surface area contributed by atoms with E-state index in [4.69, 9.17) is 9.26 Å². The third-order valence-electron chi connectivity index (χ3n) is 3.35. The highest BCUT2D eigenvalue weighted by molar-refractivity contribution is 7.13. The van der Waals surface area contributed by atoms with Gasteiger partial charge >= 0.3 is 0 Å². The molecular weight excluding hydrogens is 276 g/mol. The third kappa shape index (κ3) is 2.62. The minimum atomic E-state index is -0.150. The molecular formula is C14H16N2O3S. The zero-order valence-corrected chi connectivity index (χ0v) is 12.0. The Morgan fingerprint density at radius 3 is 3.20 bits per heavy atom. The number of aryl methyl sites for hydroxylation is 1. The van der Waals surface area contributed by atoms with Crippen molar-refractivity contribution in [2.45, 2.75) is 25.9 Å². The van der Waals surface area contributed by atoms with Crippen LogP contribution in [0.3, 0.4) is 0 Å². The van der Waals surface area contributed by atoms with Crippen molar-refractivity contribution < 1.29 is 14.1 Å². The van der Waals surface area contributed by atoms with Gasteiger partial charge in [-0.2, -0.15) is 0 Å². The van der Waals surface area contributed by atoms with E-state index in [0.29, 0.717) is 23.6 Å². The Morgan fingerprint density at radius 1 is 1.60 bits per heavy atom. The molecule has 1 atom stereocenters. The van der Waals surface area contributed by atoms with Crippen molar-refractivity contribution in [3.05, 3.63) is 28.8 Å². The first-order valence-corrected chi connectivity index (χ1v) is 7.53. The summed E-state index contributed by atoms with van der Waals surface area (Å²) in [6, 6.07) is 3.84. The van der Waals surface area contributed by atoms with E-state index < -0.39 is 0 Å². The number of carbonyl (C=O) groups excluding carboxylic acids is 1. The number of rotatable bonds is 4. The lowest BCUT2D eigenvalue weighted by Gasteiger charge is -2.10. The second-order valence-corrected chi connectivity index (χ2v) is 5.74. The largest absolute Gasteiger partial charge is 0.376 e. The SMILES string of the molecule is Cc1noc(-c2cccs2)c1C(=O)NCC1CCCO1. The van der Waals surface area contributed by atoms with Gasteiger partial charge in [-0.05, 0) is 31.2 Å². The van der Waals surface area contributed by atoms with E-state index in [1.54, 1.807) is 6.92 Å². The average molecular weight is 292 g/mol. The van der Waals surface area contributed by atoms with Crippen molar-refractivity contribution in [3.8, 4) is 10.6 Å². The molecule has 20 heavy (non-hydrogen) atoms. The maximum atomic E-state index is 12.3. The highest BCUT2D eigenvalue weighted by Gasteiger charge is 2.23. The maximum Gasteiger partial charge on any atom is 0.257 e. The van der Waals surface area contributed by atoms with E-state index in [0.717, 1.165) is 24.3 Å². The van der Waals surface area contributed by atoms with Crippen LogP contribution in [0.1, 0.15) is 28.9 Å². The summed E-state index contributed by atoms with van der Waals surface area (Å²) in [4.78, 5) is 13.2. The Kier molecular flexibility index (Phi) is 3.84. The zero-order valence-electron chi connectivity index (χ0n) is 11.2. The van der Waals surface area contributed by atoms with Crippen molar-refractivity contribution in [2.75, 3.05) is 13.2 Å². The molecule has 1 aliphatic rings. The molecule has 0 aliphatic carbocycles. The molecule has 3 rings (SSSR count). The number of aromatic nitrogens is 1. The number of amides is 1. The van der Waals surface area contributed by atoms with Gasteiger partial charge in [-0.15, -0.1) is 11.3 Å². The topological polar surface area (TPSA) is 64.4 Å². The van der Waals surface area contributed by atoms with E-state index >= 15 is 0 Å². The smallest absolute Gasteiger partial charge is 0.257 e. The Bertz CT molecular complexity index is 586. The molecule has 1 unspecified atom stereocenters. The fourth-order valence-electron chi connectivity index (χ4n) is 2.31. The number of hydrogen-bond donors (Lipinski definition) is 1. The summed E-state index contributed by atoms with van der Waals surface area (Å²) < 4.78 is 10.8. The fraction of sp³-hybridized carbons (Fsp3) is 0.429. The normalized spacial score (nSPS) is 18.4. The molecule has 0 radical (unpaired) electrons. The van der Waals surface area contributed by atoms with Gasteiger partial charge in [0.1, 0.15) is 5.56 Å². The maximum absolute atomic E-state index is 12.3. The molecule has 0 saturated carbocycles. The number of nitrogens with one attached hydrogen (secondary N) is 1. The lowest BCUT2D eigenvalue weighted by Crippen LogP contribution is -2.32. The number of carbonyl (C=O) groups is 1. The molecule has 1 fully saturated rings. The van der Waals surface area contributed by atoms with Crippen molar-refractivity contribution >= 4 is 17.2 Å². The molecule has 1 saturated heterocycles. The van der Waals surface area contributed by atoms with Crippen LogP contribution in [-0.4, -0.2) is 30.3 Å². The number of ether oxygens (including phenoxy) is 1. The molecule has 3 heterocycles. The summed E-state index contributed by atoms with van der Waals surface area (Å²) in [7, 11) is 0. The summed E-state index contributed by atoms with van der Waals surface area (Å²) >= 11 is 1.53. The number of nitrogens with zero attached hydrogens (tertiary/aromatic N) is 1. The first-order chi connectivity index (χ1) is 9.75. The van der Waals surface area contributed by atoms with E-state index in [2.05, 4.69) is 10.5 Å². The molecule has 6 heteroatoms. The van der Waals surface area contributed by atoms with Crippen molar-refractivity contribution in [2.24, 2.45) is 0 Å². The average Bonchev–Trinajstić information content (AvgIpc) is 3.17. The van der Waals surface area contributed by atoms with E-state index in [1.807, 2.05) is 17.5 Å². The standard InChI is InChI=1S/C14H16N2O3S/c1-9-12(13(19-16-9)11-5-3-7-20-11)14(17)15-8-10-4-2-6-18-10/h3,5,7,10H,2,4,6,8H2,1H3,(H,15,17). The van der Waals surface area contributed by atoms with Gasteiger partial charge in [0.15, 0.2) is 5.76 Å². The van der Waals surface area contributed by atoms with Crippen LogP contribution < -0.4 is 5.32 Å². The Morgan fingerprint density at radius 2 is 2.50 bits per heavy atom. The van der Waals surface area contributed by atoms with Crippen LogP contribution >= 0.6 is 11.3 Å². The molecule has 0 spiro atoms. The molecule has 0 bridgehead atoms. The molecule has 0 aromatic carbocycles. The molecule has 1 N–H and O–H groups in total. The summed E-state index contributed by atoms with van der Waals surface area (Å²) in [5, 5.41) is 8.77. The fourth-order valence-corrected chi connectivity index (χ4v) is 3.02. The molecule has 2 aromatic heterocycles. The number of thiophene rings is 1. The quantitative estimate of drug-likeness (QED) is 0.941. The van der Waals surface area contributed by atoms with E-state index in [9.17, 15) is 4.79 Å². The predicted molar refractivity (Wildman–Crippen MR) is 75.9 cm³/mol. The van der Waals surface area contributed by atoms with Crippen LogP contribution in [0, 0.1) is 6.92 Å². The molecule has 5 nitrogen and oxygen atoms in total. The second-order valence-electron chi connectivity index (χ2n) is 4.79. The van der Waals surface area contributed by atoms with Gasteiger partial charge in [0.25, 0.3) is 5.91 Å². The van der Waals surface area contributed by atoms with Crippen LogP contribution in [0.15, 0.2) is 22.0 Å². The van der Waals surface area contributed by atoms with Crippen molar-refractivity contribution in [1.82, 2.24) is 10.5 Å². The van der Waals surface area contributed by atoms with Crippen LogP contribution in [0.25, 0.3) is 10.6 Å². The lowest BCUT2D eigenvalue weighted by molar-refractivity contribution is 0.0857. The Labute approximate surface area is 120 Å². The third-order valence-corrected chi connectivity index (χ3v) is 4.22. The molecule has 106 valence electrons. The van der Waals surface area contributed by atoms with Gasteiger partial charge in [0.2, 0.25) is 0 Å². The highest BCUT2D eigenvalue weighted by atomic mass is 32.1. The molecule has 1 aliphatic heterocycles.